The highest BCUT2D eigenvalue weighted by molar-refractivity contribution is 5.37. The van der Waals surface area contributed by atoms with E-state index in [1.165, 1.54) is 11.1 Å². The van der Waals surface area contributed by atoms with Gasteiger partial charge in [-0.05, 0) is 41.8 Å². The van der Waals surface area contributed by atoms with Gasteiger partial charge in [-0.15, -0.1) is 0 Å². The van der Waals surface area contributed by atoms with Crippen LogP contribution in [0, 0.1) is 0 Å². The number of rotatable bonds is 6. The van der Waals surface area contributed by atoms with Crippen molar-refractivity contribution in [1.82, 2.24) is 15.3 Å². The summed E-state index contributed by atoms with van der Waals surface area (Å²) < 4.78 is 5.27. The summed E-state index contributed by atoms with van der Waals surface area (Å²) in [6.07, 6.45) is 8.34. The predicted octanol–water partition coefficient (Wildman–Crippen LogP) is 2.75. The van der Waals surface area contributed by atoms with Crippen molar-refractivity contribution in [2.24, 2.45) is 0 Å². The maximum absolute atomic E-state index is 5.27. The van der Waals surface area contributed by atoms with Crippen molar-refractivity contribution in [3.8, 4) is 5.75 Å². The van der Waals surface area contributed by atoms with Gasteiger partial charge in [0.05, 0.1) is 19.3 Å². The topological polar surface area (TPSA) is 47.0 Å². The third-order valence-electron chi connectivity index (χ3n) is 3.34. The standard InChI is InChI=1S/C16H21N3O/c1-4-12-9-17-7-6-15(12)16(19-5-2)13-8-14(20-3)11-18-10-13/h6-11,16,19H,4-5H2,1-3H3. The largest absolute Gasteiger partial charge is 0.495 e. The van der Waals surface area contributed by atoms with Crippen molar-refractivity contribution in [3.63, 3.8) is 0 Å². The molecule has 0 aliphatic rings. The predicted molar refractivity (Wildman–Crippen MR) is 79.9 cm³/mol. The number of methoxy groups -OCH3 is 1. The van der Waals surface area contributed by atoms with Crippen LogP contribution in [0.4, 0.5) is 0 Å². The van der Waals surface area contributed by atoms with E-state index in [1.54, 1.807) is 13.3 Å². The summed E-state index contributed by atoms with van der Waals surface area (Å²) in [6.45, 7) is 5.13. The van der Waals surface area contributed by atoms with Crippen molar-refractivity contribution in [2.45, 2.75) is 26.3 Å². The summed E-state index contributed by atoms with van der Waals surface area (Å²) in [7, 11) is 1.66. The van der Waals surface area contributed by atoms with Crippen LogP contribution in [0.5, 0.6) is 5.75 Å². The lowest BCUT2D eigenvalue weighted by atomic mass is 9.95. The summed E-state index contributed by atoms with van der Waals surface area (Å²) in [5.74, 6) is 0.775. The Labute approximate surface area is 120 Å². The van der Waals surface area contributed by atoms with Crippen LogP contribution < -0.4 is 10.1 Å². The molecule has 4 heteroatoms. The molecule has 0 radical (unpaired) electrons. The molecule has 106 valence electrons. The molecular weight excluding hydrogens is 250 g/mol. The number of aryl methyl sites for hydroxylation is 1. The Morgan fingerprint density at radius 2 is 2.05 bits per heavy atom. The van der Waals surface area contributed by atoms with Crippen molar-refractivity contribution in [2.75, 3.05) is 13.7 Å². The van der Waals surface area contributed by atoms with Gasteiger partial charge in [0.2, 0.25) is 0 Å². The Morgan fingerprint density at radius 3 is 2.75 bits per heavy atom. The molecule has 0 aliphatic carbocycles. The fourth-order valence-electron chi connectivity index (χ4n) is 2.33. The molecule has 1 N–H and O–H groups in total. The highest BCUT2D eigenvalue weighted by atomic mass is 16.5. The fourth-order valence-corrected chi connectivity index (χ4v) is 2.33. The molecule has 2 rings (SSSR count). The quantitative estimate of drug-likeness (QED) is 0.877. The normalized spacial score (nSPS) is 12.2. The molecule has 4 nitrogen and oxygen atoms in total. The van der Waals surface area contributed by atoms with Crippen LogP contribution in [0.1, 0.15) is 36.6 Å². The lowest BCUT2D eigenvalue weighted by molar-refractivity contribution is 0.411. The van der Waals surface area contributed by atoms with Gasteiger partial charge >= 0.3 is 0 Å². The second kappa shape index (κ2) is 7.01. The van der Waals surface area contributed by atoms with Gasteiger partial charge in [-0.2, -0.15) is 0 Å². The lowest BCUT2D eigenvalue weighted by Gasteiger charge is -2.21. The van der Waals surface area contributed by atoms with E-state index in [0.717, 1.165) is 24.3 Å². The molecule has 0 saturated carbocycles. The maximum Gasteiger partial charge on any atom is 0.137 e. The van der Waals surface area contributed by atoms with Gasteiger partial charge in [0, 0.05) is 18.6 Å². The number of nitrogens with one attached hydrogen (secondary N) is 1. The first-order chi connectivity index (χ1) is 9.80. The molecule has 0 saturated heterocycles. The van der Waals surface area contributed by atoms with E-state index in [2.05, 4.69) is 35.2 Å². The molecule has 2 heterocycles. The van der Waals surface area contributed by atoms with Crippen molar-refractivity contribution in [3.05, 3.63) is 53.6 Å². The first-order valence-corrected chi connectivity index (χ1v) is 6.95. The van der Waals surface area contributed by atoms with Crippen molar-refractivity contribution >= 4 is 0 Å². The molecule has 20 heavy (non-hydrogen) atoms. The number of nitrogens with zero attached hydrogens (tertiary/aromatic N) is 2. The van der Waals surface area contributed by atoms with Gasteiger partial charge in [0.1, 0.15) is 5.75 Å². The number of pyridine rings is 2. The minimum absolute atomic E-state index is 0.112. The molecule has 0 spiro atoms. The van der Waals surface area contributed by atoms with Gasteiger partial charge in [-0.1, -0.05) is 13.8 Å². The van der Waals surface area contributed by atoms with E-state index >= 15 is 0 Å². The molecule has 1 unspecified atom stereocenters. The summed E-state index contributed by atoms with van der Waals surface area (Å²) >= 11 is 0. The highest BCUT2D eigenvalue weighted by Gasteiger charge is 2.17. The number of hydrogen-bond donors (Lipinski definition) is 1. The van der Waals surface area contributed by atoms with E-state index in [1.807, 2.05) is 24.7 Å². The van der Waals surface area contributed by atoms with Crippen LogP contribution in [0.15, 0.2) is 36.9 Å². The maximum atomic E-state index is 5.27. The van der Waals surface area contributed by atoms with Crippen molar-refractivity contribution in [1.29, 1.82) is 0 Å². The first-order valence-electron chi connectivity index (χ1n) is 6.95. The van der Waals surface area contributed by atoms with Crippen molar-refractivity contribution < 1.29 is 4.74 Å². The van der Waals surface area contributed by atoms with E-state index in [9.17, 15) is 0 Å². The minimum atomic E-state index is 0.112. The monoisotopic (exact) mass is 271 g/mol. The average molecular weight is 271 g/mol. The molecular formula is C16H21N3O. The third-order valence-corrected chi connectivity index (χ3v) is 3.34. The molecule has 2 aromatic rings. The Hall–Kier alpha value is -1.94. The van der Waals surface area contributed by atoms with Crippen LogP contribution in [0.3, 0.4) is 0 Å². The second-order valence-corrected chi connectivity index (χ2v) is 4.58. The summed E-state index contributed by atoms with van der Waals surface area (Å²) in [6, 6.07) is 4.21. The zero-order valence-corrected chi connectivity index (χ0v) is 12.3. The van der Waals surface area contributed by atoms with Crippen LogP contribution in [0.2, 0.25) is 0 Å². The first kappa shape index (κ1) is 14.5. The van der Waals surface area contributed by atoms with Gasteiger partial charge in [-0.25, -0.2) is 0 Å². The Balaban J connectivity index is 2.44. The zero-order valence-electron chi connectivity index (χ0n) is 12.3. The average Bonchev–Trinajstić information content (AvgIpc) is 2.52. The van der Waals surface area contributed by atoms with Crippen LogP contribution in [-0.4, -0.2) is 23.6 Å². The summed E-state index contributed by atoms with van der Waals surface area (Å²) in [5, 5.41) is 3.52. The number of hydrogen-bond acceptors (Lipinski definition) is 4. The van der Waals surface area contributed by atoms with Gasteiger partial charge in [-0.3, -0.25) is 9.97 Å². The number of aromatic nitrogens is 2. The summed E-state index contributed by atoms with van der Waals surface area (Å²) in [4.78, 5) is 8.48. The van der Waals surface area contributed by atoms with Crippen LogP contribution >= 0.6 is 0 Å². The molecule has 0 fully saturated rings. The molecule has 0 aliphatic heterocycles. The van der Waals surface area contributed by atoms with E-state index in [-0.39, 0.29) is 6.04 Å². The van der Waals surface area contributed by atoms with Crippen LogP contribution in [0.25, 0.3) is 0 Å². The van der Waals surface area contributed by atoms with E-state index in [0.29, 0.717) is 0 Å². The lowest BCUT2D eigenvalue weighted by Crippen LogP contribution is -2.23. The Bertz CT molecular complexity index is 557. The molecule has 2 aromatic heterocycles. The van der Waals surface area contributed by atoms with Gasteiger partial charge in [0.25, 0.3) is 0 Å². The van der Waals surface area contributed by atoms with E-state index < -0.39 is 0 Å². The Morgan fingerprint density at radius 1 is 1.20 bits per heavy atom. The smallest absolute Gasteiger partial charge is 0.137 e. The second-order valence-electron chi connectivity index (χ2n) is 4.58. The van der Waals surface area contributed by atoms with Gasteiger partial charge < -0.3 is 10.1 Å². The zero-order chi connectivity index (χ0) is 14.4. The molecule has 1 atom stereocenters. The SMILES string of the molecule is CCNC(c1cncc(OC)c1)c1ccncc1CC. The highest BCUT2D eigenvalue weighted by Crippen LogP contribution is 2.26. The Kier molecular flexibility index (Phi) is 5.07. The minimum Gasteiger partial charge on any atom is -0.495 e. The van der Waals surface area contributed by atoms with E-state index in [4.69, 9.17) is 4.74 Å². The fraction of sp³-hybridized carbons (Fsp3) is 0.375. The number of ether oxygens (including phenoxy) is 1. The molecule has 0 bridgehead atoms. The molecule has 0 aromatic carbocycles. The van der Waals surface area contributed by atoms with Crippen LogP contribution in [-0.2, 0) is 6.42 Å². The van der Waals surface area contributed by atoms with Gasteiger partial charge in [0.15, 0.2) is 0 Å². The molecule has 0 amide bonds. The third kappa shape index (κ3) is 3.14. The summed E-state index contributed by atoms with van der Waals surface area (Å²) in [5.41, 5.74) is 3.60.